The quantitative estimate of drug-likeness (QED) is 0.494. The van der Waals surface area contributed by atoms with Gasteiger partial charge < -0.3 is 19.7 Å². The molecule has 1 N–H and O–H groups in total. The van der Waals surface area contributed by atoms with Gasteiger partial charge in [0.1, 0.15) is 11.8 Å². The summed E-state index contributed by atoms with van der Waals surface area (Å²) in [7, 11) is 3.23. The minimum atomic E-state index is -0.891. The van der Waals surface area contributed by atoms with Crippen molar-refractivity contribution in [1.82, 2.24) is 10.2 Å². The molecule has 7 nitrogen and oxygen atoms in total. The van der Waals surface area contributed by atoms with Crippen molar-refractivity contribution >= 4 is 23.9 Å². The second-order valence-corrected chi connectivity index (χ2v) is 7.04. The Balaban J connectivity index is 1.79. The molecule has 0 aliphatic carbocycles. The zero-order valence-electron chi connectivity index (χ0n) is 18.2. The fourth-order valence-corrected chi connectivity index (χ4v) is 2.74. The van der Waals surface area contributed by atoms with Gasteiger partial charge in [0.25, 0.3) is 5.91 Å². The molecule has 0 aliphatic rings. The molecule has 2 rings (SSSR count). The van der Waals surface area contributed by atoms with Crippen LogP contribution in [0.4, 0.5) is 0 Å². The zero-order chi connectivity index (χ0) is 22.8. The maximum atomic E-state index is 12.4. The van der Waals surface area contributed by atoms with E-state index in [1.807, 2.05) is 37.3 Å². The summed E-state index contributed by atoms with van der Waals surface area (Å²) in [6.07, 6.45) is 2.95. The number of hydrogen-bond acceptors (Lipinski definition) is 5. The van der Waals surface area contributed by atoms with Gasteiger partial charge in [0.15, 0.2) is 6.61 Å². The van der Waals surface area contributed by atoms with Crippen LogP contribution in [0, 0.1) is 0 Å². The van der Waals surface area contributed by atoms with Crippen molar-refractivity contribution in [3.8, 4) is 5.75 Å². The third-order valence-corrected chi connectivity index (χ3v) is 4.85. The normalized spacial score (nSPS) is 12.6. The summed E-state index contributed by atoms with van der Waals surface area (Å²) in [6, 6.07) is 15.7. The Labute approximate surface area is 182 Å². The van der Waals surface area contributed by atoms with Crippen molar-refractivity contribution in [2.75, 3.05) is 20.8 Å². The van der Waals surface area contributed by atoms with Crippen molar-refractivity contribution in [1.29, 1.82) is 0 Å². The molecule has 2 aromatic rings. The number of nitrogens with zero attached hydrogens (tertiary/aromatic N) is 1. The number of nitrogens with one attached hydrogen (secondary N) is 1. The predicted octanol–water partition coefficient (Wildman–Crippen LogP) is 2.98. The van der Waals surface area contributed by atoms with Crippen LogP contribution in [-0.4, -0.2) is 49.5 Å². The summed E-state index contributed by atoms with van der Waals surface area (Å²) in [6.45, 7) is 3.00. The molecular weight excluding hydrogens is 396 g/mol. The van der Waals surface area contributed by atoms with Crippen LogP contribution in [0.3, 0.4) is 0 Å². The highest BCUT2D eigenvalue weighted by Gasteiger charge is 2.21. The summed E-state index contributed by atoms with van der Waals surface area (Å²) >= 11 is 0. The van der Waals surface area contributed by atoms with Gasteiger partial charge in [-0.1, -0.05) is 42.5 Å². The molecule has 2 atom stereocenters. The number of rotatable bonds is 9. The molecule has 0 saturated heterocycles. The number of carbonyl (C=O) groups excluding carboxylic acids is 3. The van der Waals surface area contributed by atoms with Crippen molar-refractivity contribution in [3.63, 3.8) is 0 Å². The zero-order valence-corrected chi connectivity index (χ0v) is 18.2. The summed E-state index contributed by atoms with van der Waals surface area (Å²) in [5, 5.41) is 2.52. The number of amides is 2. The van der Waals surface area contributed by atoms with E-state index in [9.17, 15) is 14.4 Å². The van der Waals surface area contributed by atoms with Gasteiger partial charge in [-0.25, -0.2) is 4.79 Å². The van der Waals surface area contributed by atoms with Crippen LogP contribution in [0.2, 0.25) is 0 Å². The molecule has 7 heteroatoms. The first kappa shape index (κ1) is 23.7. The van der Waals surface area contributed by atoms with Crippen LogP contribution in [0.25, 0.3) is 6.08 Å². The molecule has 31 heavy (non-hydrogen) atoms. The Morgan fingerprint density at radius 2 is 1.68 bits per heavy atom. The van der Waals surface area contributed by atoms with Crippen LogP contribution in [0.5, 0.6) is 5.75 Å². The first-order valence-electron chi connectivity index (χ1n) is 9.91. The summed E-state index contributed by atoms with van der Waals surface area (Å²) in [5.41, 5.74) is 1.79. The van der Waals surface area contributed by atoms with Crippen molar-refractivity contribution in [2.24, 2.45) is 0 Å². The first-order valence-corrected chi connectivity index (χ1v) is 9.91. The maximum absolute atomic E-state index is 12.4. The van der Waals surface area contributed by atoms with Crippen molar-refractivity contribution < 1.29 is 23.9 Å². The third-order valence-electron chi connectivity index (χ3n) is 4.85. The van der Waals surface area contributed by atoms with E-state index in [1.54, 1.807) is 44.5 Å². The lowest BCUT2D eigenvalue weighted by molar-refractivity contribution is -0.154. The second kappa shape index (κ2) is 11.5. The lowest BCUT2D eigenvalue weighted by Gasteiger charge is -2.25. The molecule has 2 aromatic carbocycles. The molecular formula is C24H28N2O5. The fourth-order valence-electron chi connectivity index (χ4n) is 2.74. The highest BCUT2D eigenvalue weighted by atomic mass is 16.5. The van der Waals surface area contributed by atoms with E-state index < -0.39 is 24.5 Å². The van der Waals surface area contributed by atoms with Gasteiger partial charge in [-0.15, -0.1) is 0 Å². The van der Waals surface area contributed by atoms with E-state index in [0.29, 0.717) is 0 Å². The Morgan fingerprint density at radius 3 is 2.29 bits per heavy atom. The van der Waals surface area contributed by atoms with Gasteiger partial charge in [0.2, 0.25) is 5.91 Å². The average Bonchev–Trinajstić information content (AvgIpc) is 2.80. The molecule has 0 saturated carbocycles. The lowest BCUT2D eigenvalue weighted by Crippen LogP contribution is -2.40. The number of hydrogen-bond donors (Lipinski definition) is 1. The monoisotopic (exact) mass is 424 g/mol. The van der Waals surface area contributed by atoms with Crippen LogP contribution < -0.4 is 10.1 Å². The predicted molar refractivity (Wildman–Crippen MR) is 118 cm³/mol. The van der Waals surface area contributed by atoms with Crippen molar-refractivity contribution in [3.05, 3.63) is 71.8 Å². The molecule has 0 radical (unpaired) electrons. The molecule has 1 unspecified atom stereocenters. The number of likely N-dealkylation sites (N-methyl/N-ethyl adjacent to an activating group) is 1. The van der Waals surface area contributed by atoms with Crippen molar-refractivity contribution in [2.45, 2.75) is 25.9 Å². The lowest BCUT2D eigenvalue weighted by atomic mass is 10.1. The van der Waals surface area contributed by atoms with Crippen LogP contribution in [0.1, 0.15) is 31.0 Å². The Kier molecular flexibility index (Phi) is 8.81. The fraction of sp³-hybridized carbons (Fsp3) is 0.292. The highest BCUT2D eigenvalue weighted by Crippen LogP contribution is 2.18. The smallest absolute Gasteiger partial charge is 0.328 e. The van der Waals surface area contributed by atoms with Gasteiger partial charge in [0.05, 0.1) is 13.2 Å². The average molecular weight is 424 g/mol. The van der Waals surface area contributed by atoms with Gasteiger partial charge in [0, 0.05) is 13.1 Å². The molecule has 0 fully saturated rings. The number of esters is 1. The maximum Gasteiger partial charge on any atom is 0.328 e. The van der Waals surface area contributed by atoms with E-state index in [0.717, 1.165) is 16.9 Å². The topological polar surface area (TPSA) is 84.9 Å². The van der Waals surface area contributed by atoms with Gasteiger partial charge in [-0.2, -0.15) is 0 Å². The standard InChI is InChI=1S/C24H28N2O5/c1-17(25-22(27)15-12-19-10-13-21(30-4)14-11-19)24(29)31-16-23(28)26(3)18(2)20-8-6-5-7-9-20/h5-15,17-18H,16H2,1-4H3,(H,25,27)/b15-12+/t17-,18?/m0/s1. The van der Waals surface area contributed by atoms with Crippen LogP contribution in [-0.2, 0) is 19.1 Å². The van der Waals surface area contributed by atoms with Gasteiger partial charge in [-0.05, 0) is 43.2 Å². The molecule has 0 bridgehead atoms. The number of carbonyl (C=O) groups is 3. The molecule has 0 aromatic heterocycles. The van der Waals surface area contributed by atoms with E-state index in [1.165, 1.54) is 17.9 Å². The van der Waals surface area contributed by atoms with E-state index in [2.05, 4.69) is 5.32 Å². The minimum absolute atomic E-state index is 0.160. The largest absolute Gasteiger partial charge is 0.497 e. The van der Waals surface area contributed by atoms with Gasteiger partial charge in [-0.3, -0.25) is 9.59 Å². The van der Waals surface area contributed by atoms with E-state index >= 15 is 0 Å². The molecule has 0 heterocycles. The number of benzene rings is 2. The number of methoxy groups -OCH3 is 1. The van der Waals surface area contributed by atoms with Gasteiger partial charge >= 0.3 is 5.97 Å². The molecule has 0 aliphatic heterocycles. The highest BCUT2D eigenvalue weighted by molar-refractivity contribution is 5.94. The summed E-state index contributed by atoms with van der Waals surface area (Å²) in [4.78, 5) is 38.1. The molecule has 164 valence electrons. The Morgan fingerprint density at radius 1 is 1.03 bits per heavy atom. The molecule has 0 spiro atoms. The SMILES string of the molecule is COc1ccc(/C=C/C(=O)N[C@@H](C)C(=O)OCC(=O)N(C)C(C)c2ccccc2)cc1. The number of ether oxygens (including phenoxy) is 2. The minimum Gasteiger partial charge on any atom is -0.497 e. The second-order valence-electron chi connectivity index (χ2n) is 7.04. The summed E-state index contributed by atoms with van der Waals surface area (Å²) < 4.78 is 10.2. The Hall–Kier alpha value is -3.61. The first-order chi connectivity index (χ1) is 14.8. The Bertz CT molecular complexity index is 909. The van der Waals surface area contributed by atoms with Crippen LogP contribution in [0.15, 0.2) is 60.7 Å². The van der Waals surface area contributed by atoms with Crippen LogP contribution >= 0.6 is 0 Å². The molecule has 2 amide bonds. The van der Waals surface area contributed by atoms with E-state index in [-0.39, 0.29) is 11.9 Å². The summed E-state index contributed by atoms with van der Waals surface area (Å²) in [5.74, 6) is -0.735. The third kappa shape index (κ3) is 7.29. The van der Waals surface area contributed by atoms with E-state index in [4.69, 9.17) is 9.47 Å².